The van der Waals surface area contributed by atoms with Crippen LogP contribution in [0, 0.1) is 5.82 Å². The summed E-state index contributed by atoms with van der Waals surface area (Å²) in [4.78, 5) is 22.5. The first kappa shape index (κ1) is 12.2. The zero-order valence-electron chi connectivity index (χ0n) is 8.87. The molecule has 0 saturated heterocycles. The Kier molecular flexibility index (Phi) is 3.99. The summed E-state index contributed by atoms with van der Waals surface area (Å²) in [6.45, 7) is 1.74. The smallest absolute Gasteiger partial charge is 0.251 e. The fourth-order valence-corrected chi connectivity index (χ4v) is 1.22. The maximum Gasteiger partial charge on any atom is 0.251 e. The molecule has 0 fully saturated rings. The van der Waals surface area contributed by atoms with E-state index in [1.807, 2.05) is 0 Å². The molecule has 2 amide bonds. The number of carbonyl (C=O) groups is 2. The van der Waals surface area contributed by atoms with Crippen LogP contribution in [-0.4, -0.2) is 17.9 Å². The van der Waals surface area contributed by atoms with Crippen LogP contribution >= 0.6 is 0 Å². The molecule has 0 heterocycles. The molecule has 1 aromatic rings. The summed E-state index contributed by atoms with van der Waals surface area (Å²) in [5, 5.41) is 2.47. The minimum absolute atomic E-state index is 0.293. The van der Waals surface area contributed by atoms with E-state index in [2.05, 4.69) is 5.32 Å². The van der Waals surface area contributed by atoms with Gasteiger partial charge in [0.25, 0.3) is 5.91 Å². The van der Waals surface area contributed by atoms with Gasteiger partial charge in [0.15, 0.2) is 0 Å². The normalized spacial score (nSPS) is 11.9. The number of nitrogens with two attached hydrogens (primary N) is 1. The Morgan fingerprint density at radius 1 is 1.38 bits per heavy atom. The van der Waals surface area contributed by atoms with Gasteiger partial charge in [0, 0.05) is 5.56 Å². The van der Waals surface area contributed by atoms with Gasteiger partial charge in [-0.1, -0.05) is 6.92 Å². The number of nitrogens with one attached hydrogen (secondary N) is 1. The summed E-state index contributed by atoms with van der Waals surface area (Å²) < 4.78 is 12.6. The molecule has 1 aromatic carbocycles. The zero-order chi connectivity index (χ0) is 12.1. The van der Waals surface area contributed by atoms with E-state index >= 15 is 0 Å². The van der Waals surface area contributed by atoms with E-state index in [0.717, 1.165) is 0 Å². The molecular weight excluding hydrogens is 211 g/mol. The molecule has 0 aliphatic rings. The molecule has 1 rings (SSSR count). The fraction of sp³-hybridized carbons (Fsp3) is 0.273. The largest absolute Gasteiger partial charge is 0.368 e. The third-order valence-electron chi connectivity index (χ3n) is 2.16. The van der Waals surface area contributed by atoms with Crippen LogP contribution in [0.3, 0.4) is 0 Å². The number of halogens is 1. The van der Waals surface area contributed by atoms with Gasteiger partial charge in [0.2, 0.25) is 5.91 Å². The maximum absolute atomic E-state index is 12.6. The molecule has 0 aliphatic carbocycles. The lowest BCUT2D eigenvalue weighted by Gasteiger charge is -2.12. The van der Waals surface area contributed by atoms with Crippen molar-refractivity contribution in [1.82, 2.24) is 5.32 Å². The summed E-state index contributed by atoms with van der Waals surface area (Å²) in [6, 6.07) is 4.36. The summed E-state index contributed by atoms with van der Waals surface area (Å²) in [5.41, 5.74) is 5.38. The Bertz CT molecular complexity index is 389. The van der Waals surface area contributed by atoms with E-state index in [-0.39, 0.29) is 0 Å². The highest BCUT2D eigenvalue weighted by molar-refractivity contribution is 5.97. The predicted molar refractivity (Wildman–Crippen MR) is 57.1 cm³/mol. The topological polar surface area (TPSA) is 72.2 Å². The Morgan fingerprint density at radius 2 is 1.94 bits per heavy atom. The van der Waals surface area contributed by atoms with Crippen LogP contribution in [0.25, 0.3) is 0 Å². The molecule has 86 valence electrons. The molecule has 0 aromatic heterocycles. The van der Waals surface area contributed by atoms with E-state index in [9.17, 15) is 14.0 Å². The Labute approximate surface area is 92.6 Å². The van der Waals surface area contributed by atoms with E-state index in [1.165, 1.54) is 24.3 Å². The SMILES string of the molecule is CC[C@@H](NC(=O)c1ccc(F)cc1)C(N)=O. The van der Waals surface area contributed by atoms with Crippen molar-refractivity contribution in [1.29, 1.82) is 0 Å². The van der Waals surface area contributed by atoms with Gasteiger partial charge >= 0.3 is 0 Å². The molecule has 3 N–H and O–H groups in total. The molecule has 1 atom stereocenters. The van der Waals surface area contributed by atoms with Crippen molar-refractivity contribution >= 4 is 11.8 Å². The monoisotopic (exact) mass is 224 g/mol. The second kappa shape index (κ2) is 5.25. The lowest BCUT2D eigenvalue weighted by atomic mass is 10.1. The average Bonchev–Trinajstić information content (AvgIpc) is 2.26. The van der Waals surface area contributed by atoms with Crippen molar-refractivity contribution < 1.29 is 14.0 Å². The standard InChI is InChI=1S/C11H13FN2O2/c1-2-9(10(13)15)14-11(16)7-3-5-8(12)6-4-7/h3-6,9H,2H2,1H3,(H2,13,15)(H,14,16)/t9-/m1/s1. The van der Waals surface area contributed by atoms with Crippen molar-refractivity contribution in [3.8, 4) is 0 Å². The molecule has 16 heavy (non-hydrogen) atoms. The van der Waals surface area contributed by atoms with Crippen molar-refractivity contribution in [2.75, 3.05) is 0 Å². The average molecular weight is 224 g/mol. The number of benzene rings is 1. The van der Waals surface area contributed by atoms with Crippen molar-refractivity contribution in [3.05, 3.63) is 35.6 Å². The highest BCUT2D eigenvalue weighted by Crippen LogP contribution is 2.03. The maximum atomic E-state index is 12.6. The van der Waals surface area contributed by atoms with E-state index in [1.54, 1.807) is 6.92 Å². The summed E-state index contributed by atoms with van der Waals surface area (Å²) >= 11 is 0. The highest BCUT2D eigenvalue weighted by Gasteiger charge is 2.16. The van der Waals surface area contributed by atoms with E-state index < -0.39 is 23.7 Å². The van der Waals surface area contributed by atoms with Crippen LogP contribution in [0.5, 0.6) is 0 Å². The molecule has 0 bridgehead atoms. The van der Waals surface area contributed by atoms with Crippen LogP contribution in [0.2, 0.25) is 0 Å². The van der Waals surface area contributed by atoms with Gasteiger partial charge in [0.1, 0.15) is 11.9 Å². The van der Waals surface area contributed by atoms with Gasteiger partial charge in [-0.15, -0.1) is 0 Å². The second-order valence-electron chi connectivity index (χ2n) is 3.34. The molecule has 0 aliphatic heterocycles. The minimum atomic E-state index is -0.697. The third-order valence-corrected chi connectivity index (χ3v) is 2.16. The van der Waals surface area contributed by atoms with Gasteiger partial charge in [-0.25, -0.2) is 4.39 Å². The quantitative estimate of drug-likeness (QED) is 0.794. The van der Waals surface area contributed by atoms with Crippen LogP contribution in [0.4, 0.5) is 4.39 Å². The lowest BCUT2D eigenvalue weighted by Crippen LogP contribution is -2.43. The number of rotatable bonds is 4. The van der Waals surface area contributed by atoms with Gasteiger partial charge in [0.05, 0.1) is 0 Å². The van der Waals surface area contributed by atoms with Crippen molar-refractivity contribution in [3.63, 3.8) is 0 Å². The van der Waals surface area contributed by atoms with Crippen molar-refractivity contribution in [2.24, 2.45) is 5.73 Å². The van der Waals surface area contributed by atoms with Gasteiger partial charge < -0.3 is 11.1 Å². The fourth-order valence-electron chi connectivity index (χ4n) is 1.22. The summed E-state index contributed by atoms with van der Waals surface area (Å²) in [7, 11) is 0. The zero-order valence-corrected chi connectivity index (χ0v) is 8.87. The Morgan fingerprint density at radius 3 is 2.38 bits per heavy atom. The van der Waals surface area contributed by atoms with Gasteiger partial charge in [-0.3, -0.25) is 9.59 Å². The number of primary amides is 1. The molecule has 4 nitrogen and oxygen atoms in total. The predicted octanol–water partition coefficient (Wildman–Crippen LogP) is 0.819. The first-order valence-corrected chi connectivity index (χ1v) is 4.90. The van der Waals surface area contributed by atoms with Crippen LogP contribution < -0.4 is 11.1 Å². The number of carbonyl (C=O) groups excluding carboxylic acids is 2. The number of hydrogen-bond acceptors (Lipinski definition) is 2. The molecule has 0 unspecified atom stereocenters. The first-order chi connectivity index (χ1) is 7.54. The van der Waals surface area contributed by atoms with Crippen LogP contribution in [-0.2, 0) is 4.79 Å². The Hall–Kier alpha value is -1.91. The van der Waals surface area contributed by atoms with Crippen LogP contribution in [0.1, 0.15) is 23.7 Å². The first-order valence-electron chi connectivity index (χ1n) is 4.90. The van der Waals surface area contributed by atoms with E-state index in [4.69, 9.17) is 5.73 Å². The number of hydrogen-bond donors (Lipinski definition) is 2. The molecule has 0 saturated carbocycles. The molecule has 0 spiro atoms. The highest BCUT2D eigenvalue weighted by atomic mass is 19.1. The lowest BCUT2D eigenvalue weighted by molar-refractivity contribution is -0.119. The summed E-state index contributed by atoms with van der Waals surface area (Å²) in [5.74, 6) is -1.44. The molecular formula is C11H13FN2O2. The van der Waals surface area contributed by atoms with Crippen molar-refractivity contribution in [2.45, 2.75) is 19.4 Å². The molecule has 5 heteroatoms. The third kappa shape index (κ3) is 3.05. The number of amides is 2. The Balaban J connectivity index is 2.71. The second-order valence-corrected chi connectivity index (χ2v) is 3.34. The summed E-state index contributed by atoms with van der Waals surface area (Å²) in [6.07, 6.45) is 0.419. The van der Waals surface area contributed by atoms with E-state index in [0.29, 0.717) is 12.0 Å². The minimum Gasteiger partial charge on any atom is -0.368 e. The van der Waals surface area contributed by atoms with Gasteiger partial charge in [-0.2, -0.15) is 0 Å². The van der Waals surface area contributed by atoms with Crippen LogP contribution in [0.15, 0.2) is 24.3 Å². The van der Waals surface area contributed by atoms with Gasteiger partial charge in [-0.05, 0) is 30.7 Å². The molecule has 0 radical (unpaired) electrons.